The van der Waals surface area contributed by atoms with Gasteiger partial charge in [-0.05, 0) is 31.2 Å². The summed E-state index contributed by atoms with van der Waals surface area (Å²) in [5.41, 5.74) is 0.299. The minimum Gasteiger partial charge on any atom is -0.480 e. The first kappa shape index (κ1) is 22.4. The van der Waals surface area contributed by atoms with Crippen molar-refractivity contribution in [1.29, 1.82) is 0 Å². The Morgan fingerprint density at radius 1 is 1.38 bits per heavy atom. The van der Waals surface area contributed by atoms with E-state index in [1.807, 2.05) is 6.92 Å². The first-order valence-electron chi connectivity index (χ1n) is 6.80. The Bertz CT molecular complexity index is 562. The van der Waals surface area contributed by atoms with Gasteiger partial charge in [0.15, 0.2) is 0 Å². The molecule has 1 aromatic carbocycles. The highest BCUT2D eigenvalue weighted by Gasteiger charge is 2.14. The van der Waals surface area contributed by atoms with E-state index in [1.165, 1.54) is 23.1 Å². The highest BCUT2D eigenvalue weighted by atomic mass is 35.5. The lowest BCUT2D eigenvalue weighted by atomic mass is 10.3. The first-order chi connectivity index (χ1) is 10.8. The SMILES string of the molecule is CCCN(CC(=O)O)CC(=O)Nc1ccc(OC(F)F)c(Cl)c1.Cl. The average Bonchev–Trinajstić information content (AvgIpc) is 2.41. The predicted octanol–water partition coefficient (Wildman–Crippen LogP) is 3.10. The fourth-order valence-electron chi connectivity index (χ4n) is 1.90. The van der Waals surface area contributed by atoms with Gasteiger partial charge in [0.05, 0.1) is 18.1 Å². The Morgan fingerprint density at radius 3 is 2.54 bits per heavy atom. The van der Waals surface area contributed by atoms with Crippen LogP contribution in [0.1, 0.15) is 13.3 Å². The number of hydrogen-bond acceptors (Lipinski definition) is 4. The highest BCUT2D eigenvalue weighted by Crippen LogP contribution is 2.28. The molecular weight excluding hydrogens is 369 g/mol. The van der Waals surface area contributed by atoms with E-state index >= 15 is 0 Å². The minimum atomic E-state index is -2.99. The molecule has 0 heterocycles. The molecule has 24 heavy (non-hydrogen) atoms. The number of amides is 1. The van der Waals surface area contributed by atoms with Crippen LogP contribution < -0.4 is 10.1 Å². The van der Waals surface area contributed by atoms with E-state index in [9.17, 15) is 18.4 Å². The Morgan fingerprint density at radius 2 is 2.04 bits per heavy atom. The zero-order valence-electron chi connectivity index (χ0n) is 12.8. The summed E-state index contributed by atoms with van der Waals surface area (Å²) in [6.07, 6.45) is 0.700. The number of hydrogen-bond donors (Lipinski definition) is 2. The van der Waals surface area contributed by atoms with Gasteiger partial charge < -0.3 is 15.2 Å². The van der Waals surface area contributed by atoms with E-state index < -0.39 is 18.5 Å². The van der Waals surface area contributed by atoms with E-state index in [2.05, 4.69) is 10.1 Å². The number of carboxylic acids is 1. The highest BCUT2D eigenvalue weighted by molar-refractivity contribution is 6.32. The Kier molecular flexibility index (Phi) is 10.3. The predicted molar refractivity (Wildman–Crippen MR) is 88.3 cm³/mol. The van der Waals surface area contributed by atoms with Crippen LogP contribution >= 0.6 is 24.0 Å². The summed E-state index contributed by atoms with van der Waals surface area (Å²) in [5, 5.41) is 11.2. The molecule has 0 aliphatic rings. The maximum atomic E-state index is 12.1. The van der Waals surface area contributed by atoms with Crippen molar-refractivity contribution in [2.24, 2.45) is 0 Å². The van der Waals surface area contributed by atoms with Gasteiger partial charge in [-0.2, -0.15) is 8.78 Å². The van der Waals surface area contributed by atoms with Crippen LogP contribution in [0.4, 0.5) is 14.5 Å². The van der Waals surface area contributed by atoms with Gasteiger partial charge in [-0.3, -0.25) is 14.5 Å². The van der Waals surface area contributed by atoms with E-state index in [-0.39, 0.29) is 36.3 Å². The van der Waals surface area contributed by atoms with Crippen LogP contribution in [-0.4, -0.2) is 48.1 Å². The lowest BCUT2D eigenvalue weighted by Crippen LogP contribution is -2.37. The monoisotopic (exact) mass is 386 g/mol. The van der Waals surface area contributed by atoms with Gasteiger partial charge in [0, 0.05) is 5.69 Å². The van der Waals surface area contributed by atoms with E-state index in [0.717, 1.165) is 0 Å². The van der Waals surface area contributed by atoms with Gasteiger partial charge in [-0.25, -0.2) is 0 Å². The molecule has 0 aromatic heterocycles. The maximum Gasteiger partial charge on any atom is 0.387 e. The fourth-order valence-corrected chi connectivity index (χ4v) is 2.12. The van der Waals surface area contributed by atoms with Crippen molar-refractivity contribution in [1.82, 2.24) is 4.90 Å². The molecule has 0 aliphatic heterocycles. The van der Waals surface area contributed by atoms with Gasteiger partial charge in [0.1, 0.15) is 5.75 Å². The zero-order chi connectivity index (χ0) is 17.4. The van der Waals surface area contributed by atoms with Crippen LogP contribution in [0.5, 0.6) is 5.75 Å². The number of alkyl halides is 2. The van der Waals surface area contributed by atoms with Crippen molar-refractivity contribution in [3.8, 4) is 5.75 Å². The van der Waals surface area contributed by atoms with Gasteiger partial charge in [-0.15, -0.1) is 12.4 Å². The summed E-state index contributed by atoms with van der Waals surface area (Å²) in [5.74, 6) is -1.65. The molecule has 136 valence electrons. The van der Waals surface area contributed by atoms with Gasteiger partial charge in [0.25, 0.3) is 0 Å². The largest absolute Gasteiger partial charge is 0.480 e. The van der Waals surface area contributed by atoms with Crippen LogP contribution in [0.2, 0.25) is 5.02 Å². The molecule has 10 heteroatoms. The Labute approximate surface area is 149 Å². The van der Waals surface area contributed by atoms with E-state index in [1.54, 1.807) is 0 Å². The fraction of sp³-hybridized carbons (Fsp3) is 0.429. The number of nitrogens with zero attached hydrogens (tertiary/aromatic N) is 1. The van der Waals surface area contributed by atoms with Crippen molar-refractivity contribution in [3.05, 3.63) is 23.2 Å². The van der Waals surface area contributed by atoms with Gasteiger partial charge >= 0.3 is 12.6 Å². The van der Waals surface area contributed by atoms with Crippen LogP contribution in [0, 0.1) is 0 Å². The molecule has 0 radical (unpaired) electrons. The summed E-state index contributed by atoms with van der Waals surface area (Å²) in [6.45, 7) is -1.02. The second-order valence-electron chi connectivity index (χ2n) is 4.68. The van der Waals surface area contributed by atoms with Crippen molar-refractivity contribution < 1.29 is 28.2 Å². The summed E-state index contributed by atoms with van der Waals surface area (Å²) >= 11 is 5.78. The topological polar surface area (TPSA) is 78.9 Å². The molecule has 0 aliphatic carbocycles. The van der Waals surface area contributed by atoms with Crippen molar-refractivity contribution in [2.45, 2.75) is 20.0 Å². The number of carbonyl (C=O) groups excluding carboxylic acids is 1. The molecule has 1 rings (SSSR count). The smallest absolute Gasteiger partial charge is 0.387 e. The normalized spacial score (nSPS) is 10.4. The van der Waals surface area contributed by atoms with Crippen LogP contribution in [0.15, 0.2) is 18.2 Å². The third-order valence-electron chi connectivity index (χ3n) is 2.70. The molecule has 2 N–H and O–H groups in total. The van der Waals surface area contributed by atoms with E-state index in [4.69, 9.17) is 16.7 Å². The molecule has 0 atom stereocenters. The van der Waals surface area contributed by atoms with Crippen LogP contribution in [-0.2, 0) is 9.59 Å². The molecule has 0 unspecified atom stereocenters. The standard InChI is InChI=1S/C14H17ClF2N2O4.ClH/c1-2-5-19(8-13(21)22)7-12(20)18-9-3-4-11(10(15)6-9)23-14(16)17;/h3-4,6,14H,2,5,7-8H2,1H3,(H,18,20)(H,21,22);1H. The van der Waals surface area contributed by atoms with Crippen molar-refractivity contribution in [2.75, 3.05) is 25.0 Å². The van der Waals surface area contributed by atoms with Crippen LogP contribution in [0.25, 0.3) is 0 Å². The molecule has 1 aromatic rings. The number of aliphatic carboxylic acids is 1. The second-order valence-corrected chi connectivity index (χ2v) is 5.08. The number of ether oxygens (including phenoxy) is 1. The number of rotatable bonds is 9. The number of benzene rings is 1. The number of carbonyl (C=O) groups is 2. The molecular formula is C14H18Cl2F2N2O4. The Hall–Kier alpha value is -1.64. The van der Waals surface area contributed by atoms with Crippen LogP contribution in [0.3, 0.4) is 0 Å². The first-order valence-corrected chi connectivity index (χ1v) is 7.18. The molecule has 0 fully saturated rings. The quantitative estimate of drug-likeness (QED) is 0.681. The summed E-state index contributed by atoms with van der Waals surface area (Å²) in [4.78, 5) is 24.1. The molecule has 6 nitrogen and oxygen atoms in total. The number of anilines is 1. The second kappa shape index (κ2) is 11.0. The zero-order valence-corrected chi connectivity index (χ0v) is 14.4. The lowest BCUT2D eigenvalue weighted by molar-refractivity contribution is -0.138. The number of nitrogens with one attached hydrogen (secondary N) is 1. The third kappa shape index (κ3) is 8.28. The molecule has 0 spiro atoms. The number of carboxylic acid groups (broad SMARTS) is 1. The lowest BCUT2D eigenvalue weighted by Gasteiger charge is -2.18. The molecule has 0 bridgehead atoms. The number of halogens is 4. The van der Waals surface area contributed by atoms with Crippen molar-refractivity contribution >= 4 is 41.6 Å². The minimum absolute atomic E-state index is 0. The Balaban J connectivity index is 0.00000529. The molecule has 0 saturated heterocycles. The molecule has 1 amide bonds. The molecule has 0 saturated carbocycles. The maximum absolute atomic E-state index is 12.1. The third-order valence-corrected chi connectivity index (χ3v) is 2.99. The summed E-state index contributed by atoms with van der Waals surface area (Å²) in [6, 6.07) is 3.85. The summed E-state index contributed by atoms with van der Waals surface area (Å²) in [7, 11) is 0. The summed E-state index contributed by atoms with van der Waals surface area (Å²) < 4.78 is 28.4. The van der Waals surface area contributed by atoms with Crippen molar-refractivity contribution in [3.63, 3.8) is 0 Å². The van der Waals surface area contributed by atoms with Gasteiger partial charge in [0.2, 0.25) is 5.91 Å². The van der Waals surface area contributed by atoms with Gasteiger partial charge in [-0.1, -0.05) is 18.5 Å². The van der Waals surface area contributed by atoms with E-state index in [0.29, 0.717) is 18.7 Å². The average molecular weight is 387 g/mol.